The number of carboxylic acid groups (broad SMARTS) is 1. The van der Waals surface area contributed by atoms with Gasteiger partial charge in [0.05, 0.1) is 0 Å². The summed E-state index contributed by atoms with van der Waals surface area (Å²) in [6.45, 7) is 1.39. The van der Waals surface area contributed by atoms with Gasteiger partial charge in [-0.2, -0.15) is 0 Å². The minimum Gasteiger partial charge on any atom is -0.511 e. The molecule has 2 N–H and O–H groups in total. The maximum atomic E-state index is 11.1. The zero-order valence-corrected chi connectivity index (χ0v) is 8.51. The number of aliphatic carboxylic acids is 1. The maximum Gasteiger partial charge on any atom is 0.375 e. The minimum absolute atomic E-state index is 0.157. The summed E-state index contributed by atoms with van der Waals surface area (Å²) >= 11 is 0. The molecule has 0 heterocycles. The topological polar surface area (TPSA) is 83.8 Å². The van der Waals surface area contributed by atoms with Crippen LogP contribution < -0.4 is 4.74 Å². The molecule has 0 aliphatic rings. The molecule has 5 heteroatoms. The number of aliphatic hydroxyl groups is 1. The molecule has 1 aromatic carbocycles. The second-order valence-corrected chi connectivity index (χ2v) is 2.98. The van der Waals surface area contributed by atoms with E-state index in [9.17, 15) is 9.59 Å². The summed E-state index contributed by atoms with van der Waals surface area (Å²) in [5.74, 6) is -1.98. The lowest BCUT2D eigenvalue weighted by atomic mass is 10.1. The number of aliphatic hydroxyl groups excluding tert-OH is 1. The number of hydrogen-bond acceptors (Lipinski definition) is 4. The molecule has 84 valence electrons. The molecule has 0 atom stereocenters. The third kappa shape index (κ3) is 2.84. The first-order valence-electron chi connectivity index (χ1n) is 4.41. The van der Waals surface area contributed by atoms with Crippen molar-refractivity contribution in [1.29, 1.82) is 0 Å². The lowest BCUT2D eigenvalue weighted by Crippen LogP contribution is -2.08. The van der Waals surface area contributed by atoms with Gasteiger partial charge in [-0.05, 0) is 19.1 Å². The van der Waals surface area contributed by atoms with E-state index in [1.54, 1.807) is 12.1 Å². The summed E-state index contributed by atoms with van der Waals surface area (Å²) in [7, 11) is 0. The number of carbonyl (C=O) groups is 2. The van der Waals surface area contributed by atoms with Gasteiger partial charge in [0.25, 0.3) is 0 Å². The molecule has 0 aliphatic carbocycles. The highest BCUT2D eigenvalue weighted by atomic mass is 16.5. The van der Waals surface area contributed by atoms with Gasteiger partial charge in [0.1, 0.15) is 12.0 Å². The van der Waals surface area contributed by atoms with E-state index in [1.165, 1.54) is 19.1 Å². The second kappa shape index (κ2) is 4.97. The summed E-state index contributed by atoms with van der Waals surface area (Å²) in [5.41, 5.74) is 0.403. The van der Waals surface area contributed by atoms with Gasteiger partial charge in [-0.15, -0.1) is 0 Å². The quantitative estimate of drug-likeness (QED) is 0.460. The Balaban J connectivity index is 2.94. The third-order valence-corrected chi connectivity index (χ3v) is 1.80. The summed E-state index contributed by atoms with van der Waals surface area (Å²) in [6.07, 6.45) is 0.350. The first-order valence-corrected chi connectivity index (χ1v) is 4.41. The van der Waals surface area contributed by atoms with Crippen molar-refractivity contribution in [3.8, 4) is 5.75 Å². The van der Waals surface area contributed by atoms with E-state index in [0.29, 0.717) is 11.8 Å². The summed E-state index contributed by atoms with van der Waals surface area (Å²) in [6, 6.07) is 6.02. The van der Waals surface area contributed by atoms with Gasteiger partial charge in [0.2, 0.25) is 5.76 Å². The van der Waals surface area contributed by atoms with E-state index in [-0.39, 0.29) is 11.5 Å². The molecular weight excluding hydrogens is 212 g/mol. The van der Waals surface area contributed by atoms with Crippen molar-refractivity contribution < 1.29 is 24.5 Å². The molecule has 0 saturated heterocycles. The summed E-state index contributed by atoms with van der Waals surface area (Å²) < 4.78 is 4.88. The van der Waals surface area contributed by atoms with Crippen molar-refractivity contribution in [1.82, 2.24) is 0 Å². The molecule has 0 aliphatic heterocycles. The lowest BCUT2D eigenvalue weighted by molar-refractivity contribution is -0.135. The van der Waals surface area contributed by atoms with Crippen LogP contribution in [-0.2, 0) is 4.79 Å². The molecule has 0 amide bonds. The monoisotopic (exact) mass is 222 g/mol. The highest BCUT2D eigenvalue weighted by Gasteiger charge is 2.10. The Hall–Kier alpha value is -2.30. The summed E-state index contributed by atoms with van der Waals surface area (Å²) in [4.78, 5) is 21.6. The van der Waals surface area contributed by atoms with Crippen molar-refractivity contribution in [3.63, 3.8) is 0 Å². The van der Waals surface area contributed by atoms with Crippen molar-refractivity contribution in [2.75, 3.05) is 0 Å². The fraction of sp³-hybridized carbons (Fsp3) is 0.0909. The lowest BCUT2D eigenvalue weighted by Gasteiger charge is -2.05. The maximum absolute atomic E-state index is 11.1. The number of rotatable bonds is 4. The molecule has 1 rings (SSSR count). The number of Topliss-reactive ketones (excluding diaryl/α,β-unsaturated/α-hetero) is 1. The second-order valence-electron chi connectivity index (χ2n) is 2.98. The van der Waals surface area contributed by atoms with Crippen LogP contribution in [0, 0.1) is 0 Å². The Labute approximate surface area is 91.6 Å². The third-order valence-electron chi connectivity index (χ3n) is 1.80. The van der Waals surface area contributed by atoms with Crippen LogP contribution in [0.3, 0.4) is 0 Å². The van der Waals surface area contributed by atoms with E-state index in [0.717, 1.165) is 0 Å². The highest BCUT2D eigenvalue weighted by Crippen LogP contribution is 2.16. The highest BCUT2D eigenvalue weighted by molar-refractivity contribution is 5.94. The van der Waals surface area contributed by atoms with Crippen LogP contribution in [-0.4, -0.2) is 22.0 Å². The van der Waals surface area contributed by atoms with Gasteiger partial charge in [0, 0.05) is 5.56 Å². The van der Waals surface area contributed by atoms with Gasteiger partial charge in [0.15, 0.2) is 5.78 Å². The fourth-order valence-electron chi connectivity index (χ4n) is 1.03. The van der Waals surface area contributed by atoms with E-state index < -0.39 is 11.7 Å². The van der Waals surface area contributed by atoms with Crippen molar-refractivity contribution in [2.45, 2.75) is 6.92 Å². The van der Waals surface area contributed by atoms with Crippen LogP contribution in [0.1, 0.15) is 17.3 Å². The van der Waals surface area contributed by atoms with Gasteiger partial charge in [-0.25, -0.2) is 4.79 Å². The molecular formula is C11H10O5. The standard InChI is InChI=1S/C11H10O5/c1-7(13)8-3-2-4-9(5-8)16-10(6-12)11(14)15/h2-6,12H,1H3,(H,14,15). The van der Waals surface area contributed by atoms with Crippen LogP contribution in [0.2, 0.25) is 0 Å². The fourth-order valence-corrected chi connectivity index (χ4v) is 1.03. The predicted molar refractivity (Wildman–Crippen MR) is 55.4 cm³/mol. The SMILES string of the molecule is CC(=O)c1cccc(OC(=CO)C(=O)O)c1. The number of ketones is 1. The van der Waals surface area contributed by atoms with Gasteiger partial charge in [-0.1, -0.05) is 12.1 Å². The average Bonchev–Trinajstić information content (AvgIpc) is 2.25. The van der Waals surface area contributed by atoms with Crippen LogP contribution >= 0.6 is 0 Å². The molecule has 5 nitrogen and oxygen atoms in total. The van der Waals surface area contributed by atoms with Crippen molar-refractivity contribution in [2.24, 2.45) is 0 Å². The van der Waals surface area contributed by atoms with E-state index in [1.807, 2.05) is 0 Å². The van der Waals surface area contributed by atoms with Crippen LogP contribution in [0.5, 0.6) is 5.75 Å². The largest absolute Gasteiger partial charge is 0.511 e. The first kappa shape index (κ1) is 11.8. The molecule has 0 spiro atoms. The number of carboxylic acids is 1. The Morgan fingerprint density at radius 3 is 2.56 bits per heavy atom. The number of hydrogen-bond donors (Lipinski definition) is 2. The predicted octanol–water partition coefficient (Wildman–Crippen LogP) is 1.75. The molecule has 0 saturated carbocycles. The first-order chi connectivity index (χ1) is 7.54. The molecule has 0 unspecified atom stereocenters. The number of ether oxygens (including phenoxy) is 1. The average molecular weight is 222 g/mol. The molecule has 0 aromatic heterocycles. The molecule has 16 heavy (non-hydrogen) atoms. The smallest absolute Gasteiger partial charge is 0.375 e. The number of carbonyl (C=O) groups excluding carboxylic acids is 1. The van der Waals surface area contributed by atoms with Gasteiger partial charge >= 0.3 is 5.97 Å². The molecule has 0 bridgehead atoms. The molecule has 1 aromatic rings. The Morgan fingerprint density at radius 1 is 1.38 bits per heavy atom. The van der Waals surface area contributed by atoms with E-state index >= 15 is 0 Å². The van der Waals surface area contributed by atoms with Gasteiger partial charge in [-0.3, -0.25) is 4.79 Å². The Bertz CT molecular complexity index is 447. The summed E-state index contributed by atoms with van der Waals surface area (Å²) in [5, 5.41) is 17.2. The zero-order valence-electron chi connectivity index (χ0n) is 8.51. The Morgan fingerprint density at radius 2 is 2.06 bits per heavy atom. The minimum atomic E-state index is -1.39. The number of benzene rings is 1. The van der Waals surface area contributed by atoms with Crippen LogP contribution in [0.15, 0.2) is 36.3 Å². The van der Waals surface area contributed by atoms with Gasteiger partial charge < -0.3 is 14.9 Å². The van der Waals surface area contributed by atoms with Crippen molar-refractivity contribution >= 4 is 11.8 Å². The Kier molecular flexibility index (Phi) is 3.66. The molecule has 0 radical (unpaired) electrons. The zero-order chi connectivity index (χ0) is 12.1. The normalized spacial score (nSPS) is 10.9. The van der Waals surface area contributed by atoms with E-state index in [2.05, 4.69) is 0 Å². The van der Waals surface area contributed by atoms with Crippen molar-refractivity contribution in [3.05, 3.63) is 41.9 Å². The van der Waals surface area contributed by atoms with Crippen LogP contribution in [0.25, 0.3) is 0 Å². The molecule has 0 fully saturated rings. The van der Waals surface area contributed by atoms with Crippen LogP contribution in [0.4, 0.5) is 0 Å². The van der Waals surface area contributed by atoms with E-state index in [4.69, 9.17) is 14.9 Å².